The predicted molar refractivity (Wildman–Crippen MR) is 43.7 cm³/mol. The third-order valence-electron chi connectivity index (χ3n) is 1.40. The van der Waals surface area contributed by atoms with Crippen molar-refractivity contribution in [2.24, 2.45) is 0 Å². The Bertz CT molecular complexity index is 136. The monoisotopic (exact) mass is 140 g/mol. The maximum absolute atomic E-state index is 4.94. The number of nitrogens with zero attached hydrogens (tertiary/aromatic N) is 2. The number of rotatable bonds is 4. The summed E-state index contributed by atoms with van der Waals surface area (Å²) in [5.74, 6) is 0. The number of likely N-dealkylation sites (N-methyl/N-ethyl adjacent to an activating group) is 1. The Morgan fingerprint density at radius 3 is 2.80 bits per heavy atom. The third-order valence-corrected chi connectivity index (χ3v) is 1.40. The lowest BCUT2D eigenvalue weighted by Gasteiger charge is -2.17. The van der Waals surface area contributed by atoms with E-state index in [1.54, 1.807) is 6.08 Å². The summed E-state index contributed by atoms with van der Waals surface area (Å²) in [4.78, 5) is 5.34. The van der Waals surface area contributed by atoms with E-state index >= 15 is 0 Å². The number of hydrogen-bond acceptors (Lipinski definition) is 2. The molecule has 0 bridgehead atoms. The fourth-order valence-electron chi connectivity index (χ4n) is 0.604. The summed E-state index contributed by atoms with van der Waals surface area (Å²) in [6.07, 6.45) is 1.79. The van der Waals surface area contributed by atoms with Crippen LogP contribution in [0, 0.1) is 6.57 Å². The van der Waals surface area contributed by atoms with Gasteiger partial charge in [-0.25, -0.2) is 0 Å². The van der Waals surface area contributed by atoms with E-state index in [1.165, 1.54) is 0 Å². The van der Waals surface area contributed by atoms with Crippen molar-refractivity contribution in [3.05, 3.63) is 17.6 Å². The highest BCUT2D eigenvalue weighted by atomic mass is 15.4. The van der Waals surface area contributed by atoms with E-state index in [0.717, 1.165) is 6.54 Å². The minimum Gasteiger partial charge on any atom is -0.278 e. The van der Waals surface area contributed by atoms with Crippen LogP contribution in [0.1, 0.15) is 6.92 Å². The first-order chi connectivity index (χ1) is 4.76. The molecule has 0 aliphatic carbocycles. The maximum Gasteiger partial charge on any atom is 0.304 e. The van der Waals surface area contributed by atoms with E-state index in [2.05, 4.69) is 23.9 Å². The first-order valence-corrected chi connectivity index (χ1v) is 3.24. The molecule has 56 valence electrons. The zero-order valence-corrected chi connectivity index (χ0v) is 6.54. The molecule has 0 saturated carbocycles. The van der Waals surface area contributed by atoms with Gasteiger partial charge in [0.15, 0.2) is 6.17 Å². The van der Waals surface area contributed by atoms with Gasteiger partial charge < -0.3 is 0 Å². The van der Waals surface area contributed by atoms with Gasteiger partial charge in [-0.3, -0.25) is 4.90 Å². The van der Waals surface area contributed by atoms with Crippen LogP contribution in [0.2, 0.25) is 0 Å². The minimum absolute atomic E-state index is 0.0370. The van der Waals surface area contributed by atoms with Gasteiger partial charge in [0.2, 0.25) is 0 Å². The Balaban J connectivity index is 3.82. The fourth-order valence-corrected chi connectivity index (χ4v) is 0.604. The van der Waals surface area contributed by atoms with Gasteiger partial charge >= 0.3 is 6.57 Å². The molecule has 0 spiro atoms. The van der Waals surface area contributed by atoms with Crippen LogP contribution in [-0.2, 0) is 0 Å². The smallest absolute Gasteiger partial charge is 0.278 e. The highest BCUT2D eigenvalue weighted by molar-refractivity contribution is 4.85. The summed E-state index contributed by atoms with van der Waals surface area (Å²) in [6.45, 7) is 11.5. The minimum atomic E-state index is 0.0370. The second-order valence-corrected chi connectivity index (χ2v) is 2.01. The summed E-state index contributed by atoms with van der Waals surface area (Å²) < 4.78 is 0. The van der Waals surface area contributed by atoms with Gasteiger partial charge in [-0.15, -0.1) is 0 Å². The van der Waals surface area contributed by atoms with E-state index in [-0.39, 0.29) is 6.17 Å². The molecule has 1 atom stereocenters. The molecule has 0 amide bonds. The molecule has 0 aromatic rings. The largest absolute Gasteiger partial charge is 0.304 e. The van der Waals surface area contributed by atoms with Crippen molar-refractivity contribution in [2.75, 3.05) is 13.6 Å². The average molecular weight is 140 g/mol. The maximum atomic E-state index is 4.94. The molecule has 3 heteroatoms. The molecule has 0 aliphatic heterocycles. The second kappa shape index (κ2) is 4.83. The molecular weight excluding hydrogens is 126 g/mol. The first kappa shape index (κ1) is 8.99. The average Bonchev–Trinajstić information content (AvgIpc) is 1.99. The molecule has 0 aromatic carbocycles. The van der Waals surface area contributed by atoms with Gasteiger partial charge in [0.25, 0.3) is 0 Å². The van der Waals surface area contributed by atoms with Crippen molar-refractivity contribution in [3.63, 3.8) is 0 Å². The number of hydrogen-bond donors (Lipinski definition) is 1. The SMILES string of the molecule is C#[N+]NC(C=C)N(C)CC. The Morgan fingerprint density at radius 1 is 1.90 bits per heavy atom. The van der Waals surface area contributed by atoms with Crippen molar-refractivity contribution >= 4 is 0 Å². The van der Waals surface area contributed by atoms with Crippen LogP contribution in [0.4, 0.5) is 0 Å². The van der Waals surface area contributed by atoms with E-state index in [0.29, 0.717) is 0 Å². The van der Waals surface area contributed by atoms with Crippen molar-refractivity contribution in [3.8, 4) is 6.57 Å². The van der Waals surface area contributed by atoms with Crippen molar-refractivity contribution in [1.82, 2.24) is 10.3 Å². The van der Waals surface area contributed by atoms with E-state index in [4.69, 9.17) is 6.57 Å². The van der Waals surface area contributed by atoms with E-state index in [9.17, 15) is 0 Å². The molecule has 10 heavy (non-hydrogen) atoms. The molecule has 0 rings (SSSR count). The fraction of sp³-hybridized carbons (Fsp3) is 0.571. The molecule has 0 heterocycles. The molecule has 1 unspecified atom stereocenters. The van der Waals surface area contributed by atoms with Crippen LogP contribution in [0.5, 0.6) is 0 Å². The standard InChI is InChI=1S/C7H14N3/c1-5-7(9-8-3)10(4)6-2/h3,5,7,9H,1,6H2,2,4H3/q+1. The van der Waals surface area contributed by atoms with Gasteiger partial charge in [0.05, 0.1) is 4.95 Å². The van der Waals surface area contributed by atoms with Crippen molar-refractivity contribution in [2.45, 2.75) is 13.1 Å². The normalized spacial score (nSPS) is 12.2. The Morgan fingerprint density at radius 2 is 2.50 bits per heavy atom. The molecule has 0 saturated heterocycles. The lowest BCUT2D eigenvalue weighted by atomic mass is 10.4. The lowest BCUT2D eigenvalue weighted by molar-refractivity contribution is 0.275. The van der Waals surface area contributed by atoms with Crippen molar-refractivity contribution < 1.29 is 0 Å². The topological polar surface area (TPSA) is 19.6 Å². The summed E-state index contributed by atoms with van der Waals surface area (Å²) in [6, 6.07) is 0. The summed E-state index contributed by atoms with van der Waals surface area (Å²) in [7, 11) is 1.96. The van der Waals surface area contributed by atoms with E-state index < -0.39 is 0 Å². The third kappa shape index (κ3) is 2.51. The van der Waals surface area contributed by atoms with Gasteiger partial charge in [-0.05, 0) is 19.7 Å². The Kier molecular flexibility index (Phi) is 4.34. The van der Waals surface area contributed by atoms with Gasteiger partial charge in [0.1, 0.15) is 0 Å². The quantitative estimate of drug-likeness (QED) is 0.356. The van der Waals surface area contributed by atoms with Crippen LogP contribution >= 0.6 is 0 Å². The Labute approximate surface area is 62.1 Å². The highest BCUT2D eigenvalue weighted by Crippen LogP contribution is 1.91. The number of nitrogens with one attached hydrogen (secondary N) is 1. The Hall–Kier alpha value is -1.01. The molecule has 0 aliphatic rings. The molecule has 3 nitrogen and oxygen atoms in total. The molecule has 0 fully saturated rings. The van der Waals surface area contributed by atoms with Crippen LogP contribution in [0.25, 0.3) is 4.95 Å². The summed E-state index contributed by atoms with van der Waals surface area (Å²) >= 11 is 0. The van der Waals surface area contributed by atoms with Crippen LogP contribution in [-0.4, -0.2) is 24.7 Å². The first-order valence-electron chi connectivity index (χ1n) is 3.24. The molecule has 1 N–H and O–H groups in total. The van der Waals surface area contributed by atoms with E-state index in [1.807, 2.05) is 11.9 Å². The van der Waals surface area contributed by atoms with Crippen LogP contribution < -0.4 is 5.43 Å². The molecular formula is C7H14N3+. The van der Waals surface area contributed by atoms with Gasteiger partial charge in [-0.1, -0.05) is 18.9 Å². The predicted octanol–water partition coefficient (Wildman–Crippen LogP) is 0.917. The molecule has 0 radical (unpaired) electrons. The summed E-state index contributed by atoms with van der Waals surface area (Å²) in [5, 5.41) is 0. The zero-order valence-electron chi connectivity index (χ0n) is 6.54. The van der Waals surface area contributed by atoms with Crippen molar-refractivity contribution in [1.29, 1.82) is 0 Å². The second-order valence-electron chi connectivity index (χ2n) is 2.01. The van der Waals surface area contributed by atoms with Crippen LogP contribution in [0.3, 0.4) is 0 Å². The highest BCUT2D eigenvalue weighted by Gasteiger charge is 2.10. The summed E-state index contributed by atoms with van der Waals surface area (Å²) in [5.41, 5.74) is 2.69. The lowest BCUT2D eigenvalue weighted by Crippen LogP contribution is -2.38. The molecule has 0 aromatic heterocycles. The zero-order chi connectivity index (χ0) is 7.98. The van der Waals surface area contributed by atoms with Crippen LogP contribution in [0.15, 0.2) is 12.7 Å². The van der Waals surface area contributed by atoms with Gasteiger partial charge in [-0.2, -0.15) is 0 Å². The van der Waals surface area contributed by atoms with Gasteiger partial charge in [0, 0.05) is 0 Å².